The first-order valence-corrected chi connectivity index (χ1v) is 8.97. The average Bonchev–Trinajstić information content (AvgIpc) is 3.05. The molecule has 0 aliphatic carbocycles. The maximum atomic E-state index is 12.3. The summed E-state index contributed by atoms with van der Waals surface area (Å²) in [6.45, 7) is 2.52. The van der Waals surface area contributed by atoms with Crippen molar-refractivity contribution >= 4 is 17.4 Å². The molecule has 2 atom stereocenters. The van der Waals surface area contributed by atoms with Crippen LogP contribution >= 0.6 is 11.3 Å². The number of carbonyl (C=O) groups is 1. The molecule has 2 aromatic rings. The van der Waals surface area contributed by atoms with Crippen molar-refractivity contribution < 1.29 is 14.6 Å². The maximum Gasteiger partial charge on any atom is 0.315 e. The molecule has 5 nitrogen and oxygen atoms in total. The molecule has 0 saturated heterocycles. The number of hydrogen-bond acceptors (Lipinski definition) is 4. The summed E-state index contributed by atoms with van der Waals surface area (Å²) < 4.78 is 5.71. The molecule has 0 unspecified atom stereocenters. The molecule has 3 rings (SSSR count). The van der Waals surface area contributed by atoms with Crippen LogP contribution < -0.4 is 15.4 Å². The molecule has 1 aliphatic rings. The topological polar surface area (TPSA) is 70.6 Å². The van der Waals surface area contributed by atoms with Crippen LogP contribution in [0.1, 0.15) is 36.2 Å². The third kappa shape index (κ3) is 3.88. The molecule has 6 heteroatoms. The Bertz CT molecular complexity index is 685. The first kappa shape index (κ1) is 16.8. The second-order valence-corrected chi connectivity index (χ2v) is 7.11. The molecule has 1 aromatic heterocycles. The SMILES string of the molecule is C[C@@](O)(CNC(=O)N[C@H]1CCCOc2ccccc21)c1cccs1. The van der Waals surface area contributed by atoms with Gasteiger partial charge in [0.2, 0.25) is 0 Å². The Morgan fingerprint density at radius 2 is 2.21 bits per heavy atom. The summed E-state index contributed by atoms with van der Waals surface area (Å²) in [4.78, 5) is 13.1. The Morgan fingerprint density at radius 1 is 1.38 bits per heavy atom. The zero-order chi connectivity index (χ0) is 17.0. The van der Waals surface area contributed by atoms with E-state index in [1.807, 2.05) is 41.8 Å². The van der Waals surface area contributed by atoms with Gasteiger partial charge in [-0.15, -0.1) is 11.3 Å². The molecule has 1 aromatic carbocycles. The minimum Gasteiger partial charge on any atom is -0.493 e. The van der Waals surface area contributed by atoms with Gasteiger partial charge in [-0.25, -0.2) is 4.79 Å². The molecule has 1 aliphatic heterocycles. The van der Waals surface area contributed by atoms with Crippen molar-refractivity contribution in [3.8, 4) is 5.75 Å². The second kappa shape index (κ2) is 7.23. The first-order chi connectivity index (χ1) is 11.6. The highest BCUT2D eigenvalue weighted by Gasteiger charge is 2.26. The van der Waals surface area contributed by atoms with Crippen LogP contribution in [0.15, 0.2) is 41.8 Å². The van der Waals surface area contributed by atoms with E-state index in [1.54, 1.807) is 6.92 Å². The number of benzene rings is 1. The van der Waals surface area contributed by atoms with Crippen LogP contribution in [0.25, 0.3) is 0 Å². The molecule has 3 N–H and O–H groups in total. The van der Waals surface area contributed by atoms with E-state index in [-0.39, 0.29) is 18.6 Å². The van der Waals surface area contributed by atoms with Gasteiger partial charge in [0.1, 0.15) is 11.4 Å². The van der Waals surface area contributed by atoms with Crippen molar-refractivity contribution in [2.45, 2.75) is 31.4 Å². The van der Waals surface area contributed by atoms with Gasteiger partial charge < -0.3 is 20.5 Å². The first-order valence-electron chi connectivity index (χ1n) is 8.09. The van der Waals surface area contributed by atoms with E-state index >= 15 is 0 Å². The van der Waals surface area contributed by atoms with Crippen molar-refractivity contribution in [1.82, 2.24) is 10.6 Å². The minimum absolute atomic E-state index is 0.0876. The molecule has 128 valence electrons. The van der Waals surface area contributed by atoms with Crippen LogP contribution in [0.4, 0.5) is 4.79 Å². The van der Waals surface area contributed by atoms with Crippen LogP contribution in [-0.4, -0.2) is 24.3 Å². The zero-order valence-corrected chi connectivity index (χ0v) is 14.4. The van der Waals surface area contributed by atoms with E-state index in [1.165, 1.54) is 11.3 Å². The quantitative estimate of drug-likeness (QED) is 0.796. The van der Waals surface area contributed by atoms with Crippen LogP contribution in [-0.2, 0) is 5.60 Å². The van der Waals surface area contributed by atoms with Crippen molar-refractivity contribution in [2.75, 3.05) is 13.2 Å². The van der Waals surface area contributed by atoms with E-state index in [9.17, 15) is 9.90 Å². The zero-order valence-electron chi connectivity index (χ0n) is 13.6. The fourth-order valence-electron chi connectivity index (χ4n) is 2.81. The number of rotatable bonds is 4. The fraction of sp³-hybridized carbons (Fsp3) is 0.389. The Kier molecular flexibility index (Phi) is 5.06. The van der Waals surface area contributed by atoms with Gasteiger partial charge in [-0.05, 0) is 37.3 Å². The van der Waals surface area contributed by atoms with E-state index in [2.05, 4.69) is 10.6 Å². The van der Waals surface area contributed by atoms with Gasteiger partial charge >= 0.3 is 6.03 Å². The van der Waals surface area contributed by atoms with Gasteiger partial charge in [0.15, 0.2) is 0 Å². The van der Waals surface area contributed by atoms with Crippen LogP contribution in [0.3, 0.4) is 0 Å². The standard InChI is InChI=1S/C18H22N2O3S/c1-18(22,16-9-5-11-24-16)12-19-17(21)20-14-7-4-10-23-15-8-3-2-6-13(14)15/h2-3,5-6,8-9,11,14,22H,4,7,10,12H2,1H3,(H2,19,20,21)/t14-,18+/m0/s1. The summed E-state index contributed by atoms with van der Waals surface area (Å²) in [6.07, 6.45) is 1.71. The van der Waals surface area contributed by atoms with Crippen LogP contribution in [0.5, 0.6) is 5.75 Å². The molecular weight excluding hydrogens is 324 g/mol. The third-order valence-corrected chi connectivity index (χ3v) is 5.26. The van der Waals surface area contributed by atoms with Crippen molar-refractivity contribution in [2.24, 2.45) is 0 Å². The molecule has 24 heavy (non-hydrogen) atoms. The Morgan fingerprint density at radius 3 is 3.00 bits per heavy atom. The number of carbonyl (C=O) groups excluding carboxylic acids is 1. The maximum absolute atomic E-state index is 12.3. The fourth-order valence-corrected chi connectivity index (χ4v) is 3.60. The van der Waals surface area contributed by atoms with Gasteiger partial charge in [0.25, 0.3) is 0 Å². The van der Waals surface area contributed by atoms with Gasteiger partial charge in [-0.3, -0.25) is 0 Å². The number of ether oxygens (including phenoxy) is 1. The van der Waals surface area contributed by atoms with Crippen LogP contribution in [0.2, 0.25) is 0 Å². The van der Waals surface area contributed by atoms with E-state index in [4.69, 9.17) is 4.74 Å². The highest BCUT2D eigenvalue weighted by molar-refractivity contribution is 7.10. The number of urea groups is 1. The smallest absolute Gasteiger partial charge is 0.315 e. The lowest BCUT2D eigenvalue weighted by Crippen LogP contribution is -2.44. The molecule has 0 fully saturated rings. The second-order valence-electron chi connectivity index (χ2n) is 6.16. The molecule has 2 amide bonds. The average molecular weight is 346 g/mol. The van der Waals surface area contributed by atoms with Gasteiger partial charge in [-0.1, -0.05) is 24.3 Å². The van der Waals surface area contributed by atoms with Crippen molar-refractivity contribution in [1.29, 1.82) is 0 Å². The summed E-state index contributed by atoms with van der Waals surface area (Å²) in [5.41, 5.74) is -0.0779. The number of nitrogens with one attached hydrogen (secondary N) is 2. The summed E-state index contributed by atoms with van der Waals surface area (Å²) in [6, 6.07) is 11.2. The summed E-state index contributed by atoms with van der Waals surface area (Å²) in [7, 11) is 0. The lowest BCUT2D eigenvalue weighted by molar-refractivity contribution is 0.0630. The lowest BCUT2D eigenvalue weighted by atomic mass is 10.0. The van der Waals surface area contributed by atoms with E-state index in [0.717, 1.165) is 29.0 Å². The largest absolute Gasteiger partial charge is 0.493 e. The van der Waals surface area contributed by atoms with Crippen LogP contribution in [0, 0.1) is 0 Å². The summed E-state index contributed by atoms with van der Waals surface area (Å²) in [5.74, 6) is 0.825. The Hall–Kier alpha value is -2.05. The molecular formula is C18H22N2O3S. The number of hydrogen-bond donors (Lipinski definition) is 3. The number of thiophene rings is 1. The van der Waals surface area contributed by atoms with Gasteiger partial charge in [0, 0.05) is 10.4 Å². The van der Waals surface area contributed by atoms with Gasteiger partial charge in [0.05, 0.1) is 19.2 Å². The molecule has 0 saturated carbocycles. The lowest BCUT2D eigenvalue weighted by Gasteiger charge is -2.24. The molecule has 0 bridgehead atoms. The number of aliphatic hydroxyl groups is 1. The third-order valence-electron chi connectivity index (χ3n) is 4.14. The normalized spacial score (nSPS) is 19.3. The number of para-hydroxylation sites is 1. The molecule has 2 heterocycles. The Balaban J connectivity index is 1.61. The van der Waals surface area contributed by atoms with Crippen molar-refractivity contribution in [3.63, 3.8) is 0 Å². The van der Waals surface area contributed by atoms with E-state index in [0.29, 0.717) is 6.61 Å². The predicted octanol–water partition coefficient (Wildman–Crippen LogP) is 3.17. The van der Waals surface area contributed by atoms with Gasteiger partial charge in [-0.2, -0.15) is 0 Å². The highest BCUT2D eigenvalue weighted by Crippen LogP contribution is 2.31. The van der Waals surface area contributed by atoms with E-state index < -0.39 is 5.60 Å². The monoisotopic (exact) mass is 346 g/mol. The molecule has 0 radical (unpaired) electrons. The number of fused-ring (bicyclic) bond motifs is 1. The Labute approximate surface area is 145 Å². The minimum atomic E-state index is -1.07. The molecule has 0 spiro atoms. The number of amides is 2. The summed E-state index contributed by atoms with van der Waals surface area (Å²) >= 11 is 1.47. The predicted molar refractivity (Wildman–Crippen MR) is 94.3 cm³/mol. The highest BCUT2D eigenvalue weighted by atomic mass is 32.1. The van der Waals surface area contributed by atoms with Crippen molar-refractivity contribution in [3.05, 3.63) is 52.2 Å². The summed E-state index contributed by atoms with van der Waals surface area (Å²) in [5, 5.41) is 18.2.